The number of hydrogen-bond acceptors (Lipinski definition) is 2. The van der Waals surface area contributed by atoms with Crippen LogP contribution in [0.1, 0.15) is 31.2 Å². The first-order valence-corrected chi connectivity index (χ1v) is 5.76. The molecule has 1 aromatic carbocycles. The molecule has 0 amide bonds. The van der Waals surface area contributed by atoms with Crippen molar-refractivity contribution in [3.8, 4) is 5.69 Å². The van der Waals surface area contributed by atoms with E-state index in [-0.39, 0.29) is 17.0 Å². The third-order valence-corrected chi connectivity index (χ3v) is 2.82. The Morgan fingerprint density at radius 2 is 2.00 bits per heavy atom. The van der Waals surface area contributed by atoms with Crippen molar-refractivity contribution in [3.63, 3.8) is 0 Å². The van der Waals surface area contributed by atoms with Crippen molar-refractivity contribution in [1.29, 1.82) is 0 Å². The summed E-state index contributed by atoms with van der Waals surface area (Å²) in [6.45, 7) is 5.76. The molecule has 0 aliphatic rings. The van der Waals surface area contributed by atoms with Crippen LogP contribution in [0.25, 0.3) is 5.69 Å². The molecule has 0 bridgehead atoms. The minimum absolute atomic E-state index is 0.119. The largest absolute Gasteiger partial charge is 0.266 e. The summed E-state index contributed by atoms with van der Waals surface area (Å²) in [4.78, 5) is 0. The van der Waals surface area contributed by atoms with Crippen molar-refractivity contribution in [3.05, 3.63) is 40.7 Å². The fraction of sp³-hybridized carbons (Fsp3) is 0.333. The van der Waals surface area contributed by atoms with Crippen LogP contribution in [0.4, 0.5) is 4.39 Å². The lowest BCUT2D eigenvalue weighted by Crippen LogP contribution is -2.07. The van der Waals surface area contributed by atoms with Crippen LogP contribution >= 0.6 is 11.6 Å². The second kappa shape index (κ2) is 4.45. The molecule has 90 valence electrons. The number of para-hydroxylation sites is 1. The second-order valence-electron chi connectivity index (χ2n) is 4.22. The highest BCUT2D eigenvalue weighted by atomic mass is 35.5. The summed E-state index contributed by atoms with van der Waals surface area (Å²) in [6, 6.07) is 4.91. The van der Waals surface area contributed by atoms with Crippen LogP contribution in [-0.4, -0.2) is 14.8 Å². The number of halogens is 2. The van der Waals surface area contributed by atoms with Gasteiger partial charge in [-0.25, -0.2) is 4.39 Å². The Bertz CT molecular complexity index is 528. The van der Waals surface area contributed by atoms with Gasteiger partial charge in [0.25, 0.3) is 0 Å². The first-order valence-electron chi connectivity index (χ1n) is 5.38. The van der Waals surface area contributed by atoms with E-state index in [4.69, 9.17) is 11.6 Å². The predicted octanol–water partition coefficient (Wildman–Crippen LogP) is 3.49. The van der Waals surface area contributed by atoms with Gasteiger partial charge < -0.3 is 0 Å². The Labute approximate surface area is 104 Å². The minimum atomic E-state index is -0.325. The molecule has 0 saturated carbocycles. The molecule has 0 fully saturated rings. The van der Waals surface area contributed by atoms with E-state index in [1.165, 1.54) is 6.07 Å². The van der Waals surface area contributed by atoms with E-state index in [0.29, 0.717) is 11.5 Å². The van der Waals surface area contributed by atoms with Gasteiger partial charge in [0.15, 0.2) is 0 Å². The zero-order valence-electron chi connectivity index (χ0n) is 9.91. The van der Waals surface area contributed by atoms with Crippen LogP contribution < -0.4 is 0 Å². The topological polar surface area (TPSA) is 30.7 Å². The molecule has 0 saturated heterocycles. The maximum atomic E-state index is 13.9. The van der Waals surface area contributed by atoms with E-state index in [1.807, 2.05) is 26.8 Å². The van der Waals surface area contributed by atoms with E-state index in [1.54, 1.807) is 10.6 Å². The molecule has 2 aromatic rings. The summed E-state index contributed by atoms with van der Waals surface area (Å²) in [5, 5.41) is 7.98. The van der Waals surface area contributed by atoms with Gasteiger partial charge in [-0.15, -0.1) is 10.2 Å². The molecule has 17 heavy (non-hydrogen) atoms. The quantitative estimate of drug-likeness (QED) is 0.820. The number of hydrogen-bond donors (Lipinski definition) is 0. The van der Waals surface area contributed by atoms with E-state index in [9.17, 15) is 4.39 Å². The van der Waals surface area contributed by atoms with E-state index < -0.39 is 0 Å². The molecule has 0 spiro atoms. The summed E-state index contributed by atoms with van der Waals surface area (Å²) in [5.41, 5.74) is 1.22. The Morgan fingerprint density at radius 1 is 1.29 bits per heavy atom. The van der Waals surface area contributed by atoms with Crippen LogP contribution in [0.3, 0.4) is 0 Å². The zero-order chi connectivity index (χ0) is 12.6. The maximum Gasteiger partial charge on any atom is 0.229 e. The van der Waals surface area contributed by atoms with Crippen molar-refractivity contribution in [2.75, 3.05) is 0 Å². The minimum Gasteiger partial charge on any atom is -0.266 e. The summed E-state index contributed by atoms with van der Waals surface area (Å²) in [5.74, 6) is 0.450. The third kappa shape index (κ3) is 2.05. The molecular weight excluding hydrogens is 241 g/mol. The summed E-state index contributed by atoms with van der Waals surface area (Å²) < 4.78 is 15.5. The van der Waals surface area contributed by atoms with Crippen LogP contribution in [-0.2, 0) is 0 Å². The summed E-state index contributed by atoms with van der Waals surface area (Å²) in [6.07, 6.45) is 0. The predicted molar refractivity (Wildman–Crippen MR) is 65.2 cm³/mol. The van der Waals surface area contributed by atoms with Crippen LogP contribution in [0.15, 0.2) is 18.2 Å². The first kappa shape index (κ1) is 12.0. The maximum absolute atomic E-state index is 13.9. The van der Waals surface area contributed by atoms with Crippen molar-refractivity contribution < 1.29 is 4.39 Å². The zero-order valence-corrected chi connectivity index (χ0v) is 10.7. The van der Waals surface area contributed by atoms with Crippen molar-refractivity contribution >= 4 is 11.6 Å². The van der Waals surface area contributed by atoms with Gasteiger partial charge >= 0.3 is 0 Å². The Hall–Kier alpha value is -1.42. The fourth-order valence-electron chi connectivity index (χ4n) is 1.76. The van der Waals surface area contributed by atoms with E-state index in [0.717, 1.165) is 5.56 Å². The molecule has 1 heterocycles. The molecule has 1 aromatic heterocycles. The number of aryl methyl sites for hydroxylation is 1. The molecule has 0 aliphatic heterocycles. The lowest BCUT2D eigenvalue weighted by molar-refractivity contribution is 0.610. The molecule has 0 aliphatic carbocycles. The number of rotatable bonds is 2. The van der Waals surface area contributed by atoms with Gasteiger partial charge in [0, 0.05) is 5.92 Å². The van der Waals surface area contributed by atoms with E-state index >= 15 is 0 Å². The summed E-state index contributed by atoms with van der Waals surface area (Å²) in [7, 11) is 0. The lowest BCUT2D eigenvalue weighted by atomic mass is 10.1. The molecule has 5 heteroatoms. The molecule has 0 atom stereocenters. The Morgan fingerprint density at radius 3 is 2.59 bits per heavy atom. The van der Waals surface area contributed by atoms with Crippen molar-refractivity contribution in [2.45, 2.75) is 26.7 Å². The van der Waals surface area contributed by atoms with Crippen molar-refractivity contribution in [1.82, 2.24) is 14.8 Å². The standard InChI is InChI=1S/C12H13ClFN3/c1-7(2)11-15-16-12(13)17(11)10-8(3)5-4-6-9(10)14/h4-7H,1-3H3. The molecule has 2 rings (SSSR count). The highest BCUT2D eigenvalue weighted by Crippen LogP contribution is 2.26. The lowest BCUT2D eigenvalue weighted by Gasteiger charge is -2.13. The molecule has 0 N–H and O–H groups in total. The average molecular weight is 254 g/mol. The number of benzene rings is 1. The highest BCUT2D eigenvalue weighted by molar-refractivity contribution is 6.28. The van der Waals surface area contributed by atoms with Gasteiger partial charge in [-0.3, -0.25) is 4.57 Å². The van der Waals surface area contributed by atoms with Crippen LogP contribution in [0.5, 0.6) is 0 Å². The van der Waals surface area contributed by atoms with Gasteiger partial charge in [0.2, 0.25) is 5.28 Å². The van der Waals surface area contributed by atoms with Crippen LogP contribution in [0.2, 0.25) is 5.28 Å². The fourth-order valence-corrected chi connectivity index (χ4v) is 1.97. The van der Waals surface area contributed by atoms with Gasteiger partial charge in [0.05, 0.1) is 5.69 Å². The molecule has 3 nitrogen and oxygen atoms in total. The van der Waals surface area contributed by atoms with Gasteiger partial charge in [-0.2, -0.15) is 0 Å². The number of nitrogens with zero attached hydrogens (tertiary/aromatic N) is 3. The third-order valence-electron chi connectivity index (χ3n) is 2.58. The molecule has 0 radical (unpaired) electrons. The Kier molecular flexibility index (Phi) is 3.15. The monoisotopic (exact) mass is 253 g/mol. The van der Waals surface area contributed by atoms with Crippen molar-refractivity contribution in [2.24, 2.45) is 0 Å². The highest BCUT2D eigenvalue weighted by Gasteiger charge is 2.19. The van der Waals surface area contributed by atoms with Gasteiger partial charge in [0.1, 0.15) is 11.6 Å². The van der Waals surface area contributed by atoms with Crippen LogP contribution in [0, 0.1) is 12.7 Å². The summed E-state index contributed by atoms with van der Waals surface area (Å²) >= 11 is 5.99. The second-order valence-corrected chi connectivity index (χ2v) is 4.56. The normalized spacial score (nSPS) is 11.2. The average Bonchev–Trinajstić information content (AvgIpc) is 2.61. The number of aromatic nitrogens is 3. The SMILES string of the molecule is Cc1cccc(F)c1-n1c(Cl)nnc1C(C)C. The molecule has 0 unspecified atom stereocenters. The van der Waals surface area contributed by atoms with Gasteiger partial charge in [-0.05, 0) is 30.2 Å². The Balaban J connectivity index is 2.72. The first-order chi connectivity index (χ1) is 8.02. The van der Waals surface area contributed by atoms with Gasteiger partial charge in [-0.1, -0.05) is 26.0 Å². The van der Waals surface area contributed by atoms with E-state index in [2.05, 4.69) is 10.2 Å². The molecular formula is C12H13ClFN3. The smallest absolute Gasteiger partial charge is 0.229 e.